The maximum absolute atomic E-state index is 13.5. The van der Waals surface area contributed by atoms with Crippen molar-refractivity contribution >= 4 is 29.6 Å². The molecular weight excluding hydrogens is 506 g/mol. The molecule has 1 unspecified atom stereocenters. The van der Waals surface area contributed by atoms with Gasteiger partial charge in [0.05, 0.1) is 12.1 Å². The summed E-state index contributed by atoms with van der Waals surface area (Å²) >= 11 is 0. The highest BCUT2D eigenvalue weighted by molar-refractivity contribution is 5.98. The highest BCUT2D eigenvalue weighted by Crippen LogP contribution is 2.25. The number of nitrogens with zero attached hydrogens (tertiary/aromatic N) is 2. The summed E-state index contributed by atoms with van der Waals surface area (Å²) in [7, 11) is 1.82. The first-order chi connectivity index (χ1) is 18.7. The Bertz CT molecular complexity index is 997. The van der Waals surface area contributed by atoms with Gasteiger partial charge in [-0.1, -0.05) is 33.3 Å². The van der Waals surface area contributed by atoms with Crippen molar-refractivity contribution in [3.8, 4) is 0 Å². The van der Waals surface area contributed by atoms with Gasteiger partial charge in [-0.25, -0.2) is 4.79 Å². The van der Waals surface area contributed by atoms with E-state index in [1.807, 2.05) is 40.1 Å². The van der Waals surface area contributed by atoms with Gasteiger partial charge < -0.3 is 35.2 Å². The molecule has 3 aliphatic rings. The van der Waals surface area contributed by atoms with Gasteiger partial charge in [0, 0.05) is 32.8 Å². The summed E-state index contributed by atoms with van der Waals surface area (Å²) in [5.74, 6) is -2.15. The SMILES string of the molecule is CCCNC(=O)[C@H]1OC1C(=O)N[C@H](C(=O)N1CCC[C@H]1C(=O)NCCOC(=O)C1=CN(C)C=CC1)[C@@H](C)CC. The van der Waals surface area contributed by atoms with E-state index in [9.17, 15) is 24.0 Å². The minimum absolute atomic E-state index is 0.00987. The number of nitrogens with one attached hydrogen (secondary N) is 3. The zero-order chi connectivity index (χ0) is 28.5. The lowest BCUT2D eigenvalue weighted by atomic mass is 9.97. The predicted octanol–water partition coefficient (Wildman–Crippen LogP) is 0.194. The van der Waals surface area contributed by atoms with Gasteiger partial charge in [-0.2, -0.15) is 0 Å². The van der Waals surface area contributed by atoms with E-state index in [1.165, 1.54) is 4.90 Å². The summed E-state index contributed by atoms with van der Waals surface area (Å²) in [5, 5.41) is 8.22. The van der Waals surface area contributed by atoms with Crippen LogP contribution in [0.5, 0.6) is 0 Å². The lowest BCUT2D eigenvalue weighted by Gasteiger charge is -2.31. The van der Waals surface area contributed by atoms with Crippen LogP contribution in [0.15, 0.2) is 24.0 Å². The van der Waals surface area contributed by atoms with Gasteiger partial charge in [0.1, 0.15) is 18.7 Å². The van der Waals surface area contributed by atoms with Crippen molar-refractivity contribution in [2.45, 2.75) is 77.2 Å². The Morgan fingerprint density at radius 2 is 1.79 bits per heavy atom. The van der Waals surface area contributed by atoms with Gasteiger partial charge in [0.25, 0.3) is 11.8 Å². The smallest absolute Gasteiger partial charge is 0.335 e. The van der Waals surface area contributed by atoms with Gasteiger partial charge in [0.15, 0.2) is 12.2 Å². The fraction of sp³-hybridized carbons (Fsp3) is 0.667. The van der Waals surface area contributed by atoms with Crippen LogP contribution in [0, 0.1) is 5.92 Å². The van der Waals surface area contributed by atoms with E-state index in [2.05, 4.69) is 16.0 Å². The molecule has 4 amide bonds. The molecule has 2 fully saturated rings. The Balaban J connectivity index is 1.51. The fourth-order valence-corrected chi connectivity index (χ4v) is 4.61. The highest BCUT2D eigenvalue weighted by atomic mass is 16.6. The van der Waals surface area contributed by atoms with Gasteiger partial charge >= 0.3 is 5.97 Å². The summed E-state index contributed by atoms with van der Waals surface area (Å²) in [6.07, 6.45) is 6.67. The van der Waals surface area contributed by atoms with Crippen LogP contribution in [-0.4, -0.2) is 97.0 Å². The van der Waals surface area contributed by atoms with Crippen molar-refractivity contribution < 1.29 is 33.4 Å². The second kappa shape index (κ2) is 14.1. The van der Waals surface area contributed by atoms with Crippen LogP contribution in [0.2, 0.25) is 0 Å². The number of carbonyl (C=O) groups excluding carboxylic acids is 5. The highest BCUT2D eigenvalue weighted by Gasteiger charge is 2.51. The van der Waals surface area contributed by atoms with Crippen LogP contribution < -0.4 is 16.0 Å². The molecule has 3 N–H and O–H groups in total. The molecule has 0 bridgehead atoms. The van der Waals surface area contributed by atoms with Crippen molar-refractivity contribution in [3.05, 3.63) is 24.0 Å². The summed E-state index contributed by atoms with van der Waals surface area (Å²) in [6.45, 7) is 6.72. The van der Waals surface area contributed by atoms with Crippen molar-refractivity contribution in [2.24, 2.45) is 5.92 Å². The molecule has 3 heterocycles. The Labute approximate surface area is 229 Å². The third kappa shape index (κ3) is 8.04. The normalized spacial score (nSPS) is 23.4. The number of allylic oxidation sites excluding steroid dienone is 1. The maximum Gasteiger partial charge on any atom is 0.335 e. The van der Waals surface area contributed by atoms with Crippen molar-refractivity contribution in [2.75, 3.05) is 33.3 Å². The van der Waals surface area contributed by atoms with Crippen LogP contribution in [0.1, 0.15) is 52.9 Å². The monoisotopic (exact) mass is 547 g/mol. The molecule has 12 nitrogen and oxygen atoms in total. The Morgan fingerprint density at radius 1 is 1.08 bits per heavy atom. The first-order valence-electron chi connectivity index (χ1n) is 13.8. The van der Waals surface area contributed by atoms with E-state index < -0.39 is 36.2 Å². The van der Waals surface area contributed by atoms with Crippen LogP contribution in [0.4, 0.5) is 0 Å². The number of hydrogen-bond acceptors (Lipinski definition) is 8. The zero-order valence-corrected chi connectivity index (χ0v) is 23.2. The van der Waals surface area contributed by atoms with E-state index in [0.717, 1.165) is 6.42 Å². The molecule has 12 heteroatoms. The molecule has 3 aliphatic heterocycles. The molecular formula is C27H41N5O7. The Morgan fingerprint density at radius 3 is 2.49 bits per heavy atom. The molecule has 2 saturated heterocycles. The Hall–Kier alpha value is -3.41. The average Bonchev–Trinajstić information content (AvgIpc) is 3.59. The number of epoxide rings is 1. The van der Waals surface area contributed by atoms with Crippen molar-refractivity contribution in [1.82, 2.24) is 25.8 Å². The summed E-state index contributed by atoms with van der Waals surface area (Å²) in [5.41, 5.74) is 0.529. The quantitative estimate of drug-likeness (QED) is 0.168. The maximum atomic E-state index is 13.5. The zero-order valence-electron chi connectivity index (χ0n) is 23.2. The van der Waals surface area contributed by atoms with Crippen LogP contribution in [0.25, 0.3) is 0 Å². The van der Waals surface area contributed by atoms with E-state index in [0.29, 0.717) is 44.3 Å². The predicted molar refractivity (Wildman–Crippen MR) is 142 cm³/mol. The molecule has 0 aliphatic carbocycles. The Kier molecular flexibility index (Phi) is 10.9. The van der Waals surface area contributed by atoms with Gasteiger partial charge in [0.2, 0.25) is 11.8 Å². The summed E-state index contributed by atoms with van der Waals surface area (Å²) in [6, 6.07) is -1.53. The largest absolute Gasteiger partial charge is 0.460 e. The molecule has 0 spiro atoms. The lowest BCUT2D eigenvalue weighted by molar-refractivity contribution is -0.143. The first kappa shape index (κ1) is 30.1. The molecule has 39 heavy (non-hydrogen) atoms. The molecule has 0 aromatic rings. The van der Waals surface area contributed by atoms with Gasteiger partial charge in [-0.05, 0) is 31.4 Å². The van der Waals surface area contributed by atoms with Crippen molar-refractivity contribution in [3.63, 3.8) is 0 Å². The minimum atomic E-state index is -0.928. The lowest BCUT2D eigenvalue weighted by Crippen LogP contribution is -2.56. The first-order valence-corrected chi connectivity index (χ1v) is 13.8. The van der Waals surface area contributed by atoms with Crippen molar-refractivity contribution in [1.29, 1.82) is 0 Å². The number of esters is 1. The number of carbonyl (C=O) groups is 5. The van der Waals surface area contributed by atoms with E-state index in [4.69, 9.17) is 9.47 Å². The topological polar surface area (TPSA) is 150 Å². The summed E-state index contributed by atoms with van der Waals surface area (Å²) < 4.78 is 10.5. The fourth-order valence-electron chi connectivity index (χ4n) is 4.61. The molecule has 0 radical (unpaired) electrons. The molecule has 0 aromatic heterocycles. The molecule has 0 aromatic carbocycles. The average molecular weight is 548 g/mol. The molecule has 0 saturated carbocycles. The number of amides is 4. The van der Waals surface area contributed by atoms with Gasteiger partial charge in [-0.3, -0.25) is 19.2 Å². The number of rotatable bonds is 13. The number of hydrogen-bond donors (Lipinski definition) is 3. The summed E-state index contributed by atoms with van der Waals surface area (Å²) in [4.78, 5) is 66.9. The molecule has 5 atom stereocenters. The van der Waals surface area contributed by atoms with Gasteiger partial charge in [-0.15, -0.1) is 0 Å². The standard InChI is InChI=1S/C27H41N5O7/c1-5-11-28-24(34)21-22(39-21)25(35)30-20(17(3)6-2)26(36)32-14-8-10-19(32)23(33)29-12-15-38-27(37)18-9-7-13-31(4)16-18/h7,13,16-17,19-22H,5-6,8-12,14-15H2,1-4H3,(H,28,34)(H,29,33)(H,30,35)/t17-,19-,20-,21-,22?/m0/s1. The molecule has 216 valence electrons. The van der Waals surface area contributed by atoms with Crippen LogP contribution >= 0.6 is 0 Å². The van der Waals surface area contributed by atoms with E-state index in [-0.39, 0.29) is 36.8 Å². The second-order valence-electron chi connectivity index (χ2n) is 10.2. The minimum Gasteiger partial charge on any atom is -0.460 e. The number of ether oxygens (including phenoxy) is 2. The van der Waals surface area contributed by atoms with Crippen LogP contribution in [0.3, 0.4) is 0 Å². The molecule has 3 rings (SSSR count). The van der Waals surface area contributed by atoms with Crippen LogP contribution in [-0.2, 0) is 33.4 Å². The van der Waals surface area contributed by atoms with E-state index >= 15 is 0 Å². The number of likely N-dealkylation sites (tertiary alicyclic amines) is 1. The van der Waals surface area contributed by atoms with E-state index in [1.54, 1.807) is 11.1 Å². The second-order valence-corrected chi connectivity index (χ2v) is 10.2. The third-order valence-corrected chi connectivity index (χ3v) is 7.11. The third-order valence-electron chi connectivity index (χ3n) is 7.11.